The van der Waals surface area contributed by atoms with Crippen molar-refractivity contribution in [1.29, 1.82) is 0 Å². The van der Waals surface area contributed by atoms with E-state index in [1.807, 2.05) is 29.2 Å². The molecule has 0 aromatic heterocycles. The number of amides is 1. The molecular weight excluding hydrogens is 468 g/mol. The van der Waals surface area contributed by atoms with Crippen LogP contribution in [-0.4, -0.2) is 79.0 Å². The number of carbonyl (C=O) groups is 2. The van der Waals surface area contributed by atoms with Gasteiger partial charge in [0.1, 0.15) is 11.9 Å². The summed E-state index contributed by atoms with van der Waals surface area (Å²) in [7, 11) is 0. The molecule has 1 saturated carbocycles. The van der Waals surface area contributed by atoms with Crippen molar-refractivity contribution in [3.05, 3.63) is 41.2 Å². The summed E-state index contributed by atoms with van der Waals surface area (Å²) in [4.78, 5) is 31.7. The van der Waals surface area contributed by atoms with Crippen LogP contribution in [0.3, 0.4) is 0 Å². The highest BCUT2D eigenvalue weighted by molar-refractivity contribution is 6.21. The van der Waals surface area contributed by atoms with Gasteiger partial charge < -0.3 is 19.1 Å². The standard InChI is InChI=1S/C27H35ClN2O5/c1-2-13-34-20-6-3-5-18(16-20)24-23-25(31)21-17-19(28)7-8-22(21)35-26(23)27(32)30(24)10-4-9-29-11-14-33-15-12-29/h3,5-6,16,19,21-22,24H,2,4,7-15,17H2,1H3. The number of hydrogen-bond acceptors (Lipinski definition) is 6. The van der Waals surface area contributed by atoms with Crippen LogP contribution >= 0.6 is 11.6 Å². The number of hydrogen-bond donors (Lipinski definition) is 0. The topological polar surface area (TPSA) is 68.3 Å². The van der Waals surface area contributed by atoms with Gasteiger partial charge in [-0.1, -0.05) is 19.1 Å². The number of rotatable bonds is 8. The zero-order valence-electron chi connectivity index (χ0n) is 20.4. The molecule has 0 N–H and O–H groups in total. The Bertz CT molecular complexity index is 976. The molecule has 8 heteroatoms. The van der Waals surface area contributed by atoms with Crippen molar-refractivity contribution in [3.8, 4) is 5.75 Å². The molecule has 35 heavy (non-hydrogen) atoms. The van der Waals surface area contributed by atoms with Crippen LogP contribution in [0, 0.1) is 5.92 Å². The molecule has 0 bridgehead atoms. The molecule has 1 aromatic carbocycles. The lowest BCUT2D eigenvalue weighted by Crippen LogP contribution is -2.41. The molecule has 1 saturated heterocycles. The predicted octanol–water partition coefficient (Wildman–Crippen LogP) is 3.71. The highest BCUT2D eigenvalue weighted by Gasteiger charge is 2.52. The summed E-state index contributed by atoms with van der Waals surface area (Å²) in [6.07, 6.45) is 3.57. The van der Waals surface area contributed by atoms with Crippen molar-refractivity contribution in [2.45, 2.75) is 56.6 Å². The highest BCUT2D eigenvalue weighted by Crippen LogP contribution is 2.47. The Labute approximate surface area is 212 Å². The van der Waals surface area contributed by atoms with E-state index in [-0.39, 0.29) is 34.8 Å². The summed E-state index contributed by atoms with van der Waals surface area (Å²) < 4.78 is 17.6. The largest absolute Gasteiger partial charge is 0.494 e. The summed E-state index contributed by atoms with van der Waals surface area (Å²) >= 11 is 6.44. The monoisotopic (exact) mass is 502 g/mol. The third kappa shape index (κ3) is 5.09. The van der Waals surface area contributed by atoms with Crippen LogP contribution in [0.5, 0.6) is 5.75 Å². The molecule has 3 aliphatic heterocycles. The minimum absolute atomic E-state index is 0.0236. The van der Waals surface area contributed by atoms with Gasteiger partial charge in [-0.15, -0.1) is 11.6 Å². The SMILES string of the molecule is CCCOc1cccc(C2C3=C(OC4CCC(Cl)CC4C3=O)C(=O)N2CCCN2CCOCC2)c1. The lowest BCUT2D eigenvalue weighted by atomic mass is 9.77. The lowest BCUT2D eigenvalue weighted by molar-refractivity contribution is -0.135. The minimum Gasteiger partial charge on any atom is -0.494 e. The Hall–Kier alpha value is -2.09. The van der Waals surface area contributed by atoms with Gasteiger partial charge in [0.2, 0.25) is 0 Å². The lowest BCUT2D eigenvalue weighted by Gasteiger charge is -2.37. The van der Waals surface area contributed by atoms with Crippen LogP contribution in [0.1, 0.15) is 50.6 Å². The molecule has 1 aromatic rings. The van der Waals surface area contributed by atoms with E-state index in [0.717, 1.165) is 63.4 Å². The van der Waals surface area contributed by atoms with Gasteiger partial charge in [-0.05, 0) is 49.8 Å². The van der Waals surface area contributed by atoms with Gasteiger partial charge in [0.05, 0.1) is 37.4 Å². The first-order valence-electron chi connectivity index (χ1n) is 13.0. The van der Waals surface area contributed by atoms with E-state index >= 15 is 0 Å². The van der Waals surface area contributed by atoms with Gasteiger partial charge >= 0.3 is 0 Å². The molecule has 1 amide bonds. The van der Waals surface area contributed by atoms with Gasteiger partial charge in [-0.25, -0.2) is 0 Å². The summed E-state index contributed by atoms with van der Waals surface area (Å²) in [6.45, 7) is 7.44. The number of ketones is 1. The summed E-state index contributed by atoms with van der Waals surface area (Å²) in [6, 6.07) is 7.33. The Kier molecular flexibility index (Phi) is 7.65. The maximum atomic E-state index is 13.8. The van der Waals surface area contributed by atoms with Gasteiger partial charge in [-0.2, -0.15) is 0 Å². The van der Waals surface area contributed by atoms with Gasteiger partial charge in [0.15, 0.2) is 11.5 Å². The van der Waals surface area contributed by atoms with Crippen LogP contribution in [0.15, 0.2) is 35.6 Å². The van der Waals surface area contributed by atoms with Gasteiger partial charge in [-0.3, -0.25) is 14.5 Å². The molecule has 3 heterocycles. The van der Waals surface area contributed by atoms with E-state index in [9.17, 15) is 9.59 Å². The Morgan fingerprint density at radius 3 is 2.77 bits per heavy atom. The van der Waals surface area contributed by atoms with Crippen molar-refractivity contribution in [2.24, 2.45) is 5.92 Å². The normalized spacial score (nSPS) is 29.1. The molecule has 4 aliphatic rings. The van der Waals surface area contributed by atoms with E-state index in [1.54, 1.807) is 0 Å². The first-order chi connectivity index (χ1) is 17.1. The maximum Gasteiger partial charge on any atom is 0.290 e. The second-order valence-electron chi connectivity index (χ2n) is 9.91. The second-order valence-corrected chi connectivity index (χ2v) is 10.5. The van der Waals surface area contributed by atoms with Crippen LogP contribution in [0.25, 0.3) is 0 Å². The molecule has 4 atom stereocenters. The van der Waals surface area contributed by atoms with E-state index < -0.39 is 6.04 Å². The number of nitrogens with zero attached hydrogens (tertiary/aromatic N) is 2. The fourth-order valence-corrected chi connectivity index (χ4v) is 6.04. The highest BCUT2D eigenvalue weighted by atomic mass is 35.5. The molecule has 2 fully saturated rings. The van der Waals surface area contributed by atoms with Gasteiger partial charge in [0, 0.05) is 31.6 Å². The zero-order chi connectivity index (χ0) is 24.4. The van der Waals surface area contributed by atoms with Crippen LogP contribution < -0.4 is 4.74 Å². The molecule has 0 spiro atoms. The number of alkyl halides is 1. The number of fused-ring (bicyclic) bond motifs is 1. The number of benzene rings is 1. The molecule has 5 rings (SSSR count). The molecule has 1 aliphatic carbocycles. The number of halogens is 1. The smallest absolute Gasteiger partial charge is 0.290 e. The van der Waals surface area contributed by atoms with E-state index in [0.29, 0.717) is 31.6 Å². The Morgan fingerprint density at radius 1 is 1.14 bits per heavy atom. The van der Waals surface area contributed by atoms with Crippen molar-refractivity contribution >= 4 is 23.3 Å². The number of ether oxygens (including phenoxy) is 3. The first kappa shape index (κ1) is 24.6. The molecule has 0 radical (unpaired) electrons. The van der Waals surface area contributed by atoms with Gasteiger partial charge in [0.25, 0.3) is 5.91 Å². The number of carbonyl (C=O) groups excluding carboxylic acids is 2. The zero-order valence-corrected chi connectivity index (χ0v) is 21.2. The first-order valence-corrected chi connectivity index (χ1v) is 13.4. The summed E-state index contributed by atoms with van der Waals surface area (Å²) in [5.74, 6) is 0.565. The number of Topliss-reactive ketones (excluding diaryl/α,β-unsaturated/α-hetero) is 1. The van der Waals surface area contributed by atoms with Crippen molar-refractivity contribution < 1.29 is 23.8 Å². The van der Waals surface area contributed by atoms with Crippen LogP contribution in [-0.2, 0) is 19.1 Å². The molecule has 190 valence electrons. The fourth-order valence-electron chi connectivity index (χ4n) is 5.72. The van der Waals surface area contributed by atoms with Crippen molar-refractivity contribution in [2.75, 3.05) is 46.0 Å². The Balaban J connectivity index is 1.43. The summed E-state index contributed by atoms with van der Waals surface area (Å²) in [5.41, 5.74) is 1.39. The molecule has 7 nitrogen and oxygen atoms in total. The number of morpholine rings is 1. The second kappa shape index (κ2) is 10.9. The quantitative estimate of drug-likeness (QED) is 0.505. The van der Waals surface area contributed by atoms with Crippen molar-refractivity contribution in [1.82, 2.24) is 9.80 Å². The molecule has 4 unspecified atom stereocenters. The van der Waals surface area contributed by atoms with E-state index in [2.05, 4.69) is 11.8 Å². The van der Waals surface area contributed by atoms with E-state index in [4.69, 9.17) is 25.8 Å². The van der Waals surface area contributed by atoms with E-state index in [1.165, 1.54) is 0 Å². The average Bonchev–Trinajstić information content (AvgIpc) is 3.16. The third-order valence-corrected chi connectivity index (χ3v) is 7.90. The minimum atomic E-state index is -0.462. The fraction of sp³-hybridized carbons (Fsp3) is 0.630. The molecular formula is C27H35ClN2O5. The van der Waals surface area contributed by atoms with Crippen LogP contribution in [0.2, 0.25) is 0 Å². The third-order valence-electron chi connectivity index (χ3n) is 7.50. The van der Waals surface area contributed by atoms with Crippen LogP contribution in [0.4, 0.5) is 0 Å². The maximum absolute atomic E-state index is 13.8. The average molecular weight is 503 g/mol. The summed E-state index contributed by atoms with van der Waals surface area (Å²) in [5, 5.41) is -0.0306. The predicted molar refractivity (Wildman–Crippen MR) is 132 cm³/mol. The van der Waals surface area contributed by atoms with Crippen molar-refractivity contribution in [3.63, 3.8) is 0 Å². The Morgan fingerprint density at radius 2 is 1.97 bits per heavy atom.